The molecule has 4 N–H and O–H groups in total. The molecule has 0 aliphatic heterocycles. The number of benzene rings is 1. The van der Waals surface area contributed by atoms with Crippen molar-refractivity contribution >= 4 is 11.6 Å². The highest BCUT2D eigenvalue weighted by Crippen LogP contribution is 2.26. The maximum absolute atomic E-state index is 13.5. The Morgan fingerprint density at radius 1 is 1.47 bits per heavy atom. The molecular formula is C11H16ClFN2. The maximum atomic E-state index is 13.5. The van der Waals surface area contributed by atoms with Gasteiger partial charge in [0.25, 0.3) is 0 Å². The van der Waals surface area contributed by atoms with E-state index >= 15 is 0 Å². The fourth-order valence-corrected chi connectivity index (χ4v) is 1.70. The third-order valence-corrected chi connectivity index (χ3v) is 2.79. The van der Waals surface area contributed by atoms with Crippen LogP contribution >= 0.6 is 11.6 Å². The van der Waals surface area contributed by atoms with Gasteiger partial charge in [0, 0.05) is 16.6 Å². The van der Waals surface area contributed by atoms with Crippen molar-refractivity contribution in [3.05, 3.63) is 34.6 Å². The first-order valence-electron chi connectivity index (χ1n) is 4.97. The molecule has 0 aromatic heterocycles. The Morgan fingerprint density at radius 2 is 2.13 bits per heavy atom. The standard InChI is InChI=1S/C11H16ClFN2/c1-7(4-5-14)11(15)9-6-8(12)2-3-10(9)13/h2-3,6-7,11H,4-5,14-15H2,1H3. The van der Waals surface area contributed by atoms with E-state index in [1.54, 1.807) is 6.07 Å². The zero-order chi connectivity index (χ0) is 11.4. The van der Waals surface area contributed by atoms with E-state index in [9.17, 15) is 4.39 Å². The van der Waals surface area contributed by atoms with Crippen LogP contribution in [-0.2, 0) is 0 Å². The molecule has 1 aromatic rings. The minimum atomic E-state index is -0.354. The highest BCUT2D eigenvalue weighted by Gasteiger charge is 2.17. The van der Waals surface area contributed by atoms with Crippen molar-refractivity contribution in [2.45, 2.75) is 19.4 Å². The number of hydrogen-bond donors (Lipinski definition) is 2. The van der Waals surface area contributed by atoms with Crippen molar-refractivity contribution in [1.29, 1.82) is 0 Å². The lowest BCUT2D eigenvalue weighted by molar-refractivity contribution is 0.429. The van der Waals surface area contributed by atoms with E-state index in [-0.39, 0.29) is 17.8 Å². The van der Waals surface area contributed by atoms with Crippen LogP contribution in [0.3, 0.4) is 0 Å². The van der Waals surface area contributed by atoms with Crippen LogP contribution in [0.25, 0.3) is 0 Å². The van der Waals surface area contributed by atoms with Gasteiger partial charge >= 0.3 is 0 Å². The summed E-state index contributed by atoms with van der Waals surface area (Å²) in [6.07, 6.45) is 0.771. The third-order valence-electron chi connectivity index (χ3n) is 2.55. The van der Waals surface area contributed by atoms with Gasteiger partial charge in [-0.25, -0.2) is 4.39 Å². The van der Waals surface area contributed by atoms with E-state index in [4.69, 9.17) is 23.1 Å². The minimum Gasteiger partial charge on any atom is -0.330 e. The summed E-state index contributed by atoms with van der Waals surface area (Å²) in [6.45, 7) is 2.51. The SMILES string of the molecule is CC(CCN)C(N)c1cc(Cl)ccc1F. The molecule has 0 saturated carbocycles. The molecule has 0 radical (unpaired) electrons. The van der Waals surface area contributed by atoms with E-state index in [1.165, 1.54) is 12.1 Å². The summed E-state index contributed by atoms with van der Waals surface area (Å²) >= 11 is 5.80. The molecule has 2 nitrogen and oxygen atoms in total. The predicted octanol–water partition coefficient (Wildman–Crippen LogP) is 2.46. The van der Waals surface area contributed by atoms with E-state index in [1.807, 2.05) is 6.92 Å². The summed E-state index contributed by atoms with van der Waals surface area (Å²) in [4.78, 5) is 0. The molecule has 0 saturated heterocycles. The Balaban J connectivity index is 2.89. The molecule has 2 unspecified atom stereocenters. The van der Waals surface area contributed by atoms with Crippen LogP contribution in [-0.4, -0.2) is 6.54 Å². The molecule has 0 heterocycles. The molecule has 0 fully saturated rings. The number of rotatable bonds is 4. The molecule has 15 heavy (non-hydrogen) atoms. The number of halogens is 2. The highest BCUT2D eigenvalue weighted by atomic mass is 35.5. The Kier molecular flexibility index (Phi) is 4.51. The monoisotopic (exact) mass is 230 g/mol. The fraction of sp³-hybridized carbons (Fsp3) is 0.455. The summed E-state index contributed by atoms with van der Waals surface area (Å²) in [5, 5.41) is 0.502. The molecule has 1 rings (SSSR count). The van der Waals surface area contributed by atoms with Crippen molar-refractivity contribution in [2.24, 2.45) is 17.4 Å². The first-order chi connectivity index (χ1) is 7.06. The molecular weight excluding hydrogens is 215 g/mol. The van der Waals surface area contributed by atoms with Gasteiger partial charge in [-0.3, -0.25) is 0 Å². The molecule has 0 aliphatic rings. The molecule has 84 valence electrons. The van der Waals surface area contributed by atoms with E-state index in [0.29, 0.717) is 17.1 Å². The topological polar surface area (TPSA) is 52.0 Å². The summed E-state index contributed by atoms with van der Waals surface area (Å²) < 4.78 is 13.5. The Bertz CT molecular complexity index is 330. The average molecular weight is 231 g/mol. The van der Waals surface area contributed by atoms with Crippen LogP contribution in [0.4, 0.5) is 4.39 Å². The van der Waals surface area contributed by atoms with Crippen LogP contribution in [0, 0.1) is 11.7 Å². The van der Waals surface area contributed by atoms with Gasteiger partial charge < -0.3 is 11.5 Å². The molecule has 0 spiro atoms. The van der Waals surface area contributed by atoms with Crippen LogP contribution in [0.1, 0.15) is 24.9 Å². The molecule has 2 atom stereocenters. The van der Waals surface area contributed by atoms with Crippen LogP contribution < -0.4 is 11.5 Å². The molecule has 4 heteroatoms. The van der Waals surface area contributed by atoms with Gasteiger partial charge in [0.2, 0.25) is 0 Å². The summed E-state index contributed by atoms with van der Waals surface area (Å²) in [5.74, 6) is -0.168. The summed E-state index contributed by atoms with van der Waals surface area (Å²) in [5.41, 5.74) is 11.8. The van der Waals surface area contributed by atoms with Gasteiger partial charge in [-0.05, 0) is 37.1 Å². The van der Waals surface area contributed by atoms with Crippen LogP contribution in [0.15, 0.2) is 18.2 Å². The molecule has 0 bridgehead atoms. The predicted molar refractivity (Wildman–Crippen MR) is 61.2 cm³/mol. The van der Waals surface area contributed by atoms with Gasteiger partial charge in [0.05, 0.1) is 0 Å². The first kappa shape index (κ1) is 12.4. The Hall–Kier alpha value is -0.640. The van der Waals surface area contributed by atoms with Gasteiger partial charge in [-0.2, -0.15) is 0 Å². The smallest absolute Gasteiger partial charge is 0.128 e. The van der Waals surface area contributed by atoms with Gasteiger partial charge in [0.1, 0.15) is 5.82 Å². The quantitative estimate of drug-likeness (QED) is 0.835. The van der Waals surface area contributed by atoms with E-state index < -0.39 is 0 Å². The maximum Gasteiger partial charge on any atom is 0.128 e. The van der Waals surface area contributed by atoms with Crippen molar-refractivity contribution in [3.63, 3.8) is 0 Å². The Labute approximate surface area is 94.4 Å². The zero-order valence-corrected chi connectivity index (χ0v) is 9.47. The number of hydrogen-bond acceptors (Lipinski definition) is 2. The van der Waals surface area contributed by atoms with Crippen LogP contribution in [0.2, 0.25) is 5.02 Å². The second-order valence-corrected chi connectivity index (χ2v) is 4.18. The molecule has 0 amide bonds. The summed E-state index contributed by atoms with van der Waals surface area (Å²) in [6, 6.07) is 4.08. The minimum absolute atomic E-state index is 0.142. The van der Waals surface area contributed by atoms with Crippen molar-refractivity contribution in [3.8, 4) is 0 Å². The zero-order valence-electron chi connectivity index (χ0n) is 8.71. The van der Waals surface area contributed by atoms with Crippen molar-refractivity contribution in [2.75, 3.05) is 6.54 Å². The summed E-state index contributed by atoms with van der Waals surface area (Å²) in [7, 11) is 0. The first-order valence-corrected chi connectivity index (χ1v) is 5.34. The van der Waals surface area contributed by atoms with Gasteiger partial charge in [0.15, 0.2) is 0 Å². The van der Waals surface area contributed by atoms with E-state index in [0.717, 1.165) is 6.42 Å². The average Bonchev–Trinajstić information content (AvgIpc) is 2.21. The van der Waals surface area contributed by atoms with E-state index in [2.05, 4.69) is 0 Å². The highest BCUT2D eigenvalue weighted by molar-refractivity contribution is 6.30. The Morgan fingerprint density at radius 3 is 2.73 bits per heavy atom. The van der Waals surface area contributed by atoms with Crippen molar-refractivity contribution < 1.29 is 4.39 Å². The third kappa shape index (κ3) is 3.16. The second kappa shape index (κ2) is 5.45. The van der Waals surface area contributed by atoms with Gasteiger partial charge in [-0.1, -0.05) is 18.5 Å². The van der Waals surface area contributed by atoms with Crippen LogP contribution in [0.5, 0.6) is 0 Å². The lowest BCUT2D eigenvalue weighted by Crippen LogP contribution is -2.22. The lowest BCUT2D eigenvalue weighted by atomic mass is 9.92. The van der Waals surface area contributed by atoms with Crippen molar-refractivity contribution in [1.82, 2.24) is 0 Å². The molecule has 1 aromatic carbocycles. The lowest BCUT2D eigenvalue weighted by Gasteiger charge is -2.20. The normalized spacial score (nSPS) is 15.0. The fourth-order valence-electron chi connectivity index (χ4n) is 1.52. The molecule has 0 aliphatic carbocycles. The largest absolute Gasteiger partial charge is 0.330 e. The second-order valence-electron chi connectivity index (χ2n) is 3.75. The van der Waals surface area contributed by atoms with Gasteiger partial charge in [-0.15, -0.1) is 0 Å². The number of nitrogens with two attached hydrogens (primary N) is 2.